The van der Waals surface area contributed by atoms with Crippen LogP contribution in [0.15, 0.2) is 60.9 Å². The Bertz CT molecular complexity index is 1280. The van der Waals surface area contributed by atoms with Crippen molar-refractivity contribution in [1.29, 1.82) is 0 Å². The van der Waals surface area contributed by atoms with Crippen molar-refractivity contribution in [1.82, 2.24) is 19.9 Å². The first-order valence-electron chi connectivity index (χ1n) is 9.97. The van der Waals surface area contributed by atoms with Crippen LogP contribution in [0.25, 0.3) is 33.4 Å². The Balaban J connectivity index is 1.93. The summed E-state index contributed by atoms with van der Waals surface area (Å²) in [6.07, 6.45) is 3.33. The number of aromatic nitrogens is 3. The van der Waals surface area contributed by atoms with E-state index in [0.29, 0.717) is 39.4 Å². The molecule has 0 saturated carbocycles. The fourth-order valence-corrected chi connectivity index (χ4v) is 3.28. The van der Waals surface area contributed by atoms with Crippen LogP contribution in [-0.4, -0.2) is 53.5 Å². The van der Waals surface area contributed by atoms with Crippen molar-refractivity contribution in [3.8, 4) is 28.3 Å². The van der Waals surface area contributed by atoms with Gasteiger partial charge in [0, 0.05) is 43.0 Å². The van der Waals surface area contributed by atoms with Gasteiger partial charge in [0.1, 0.15) is 22.9 Å². The molecule has 4 rings (SSSR count). The molecule has 2 aromatic carbocycles. The van der Waals surface area contributed by atoms with Crippen molar-refractivity contribution < 1.29 is 13.9 Å². The third-order valence-electron chi connectivity index (χ3n) is 5.00. The number of rotatable bonds is 6. The molecule has 0 spiro atoms. The fraction of sp³-hybridized carbons (Fsp3) is 0.167. The maximum absolute atomic E-state index is 14.5. The summed E-state index contributed by atoms with van der Waals surface area (Å²) >= 11 is 0. The second-order valence-electron chi connectivity index (χ2n) is 7.33. The Morgan fingerprint density at radius 2 is 1.91 bits per heavy atom. The Hall–Kier alpha value is -4.07. The van der Waals surface area contributed by atoms with Crippen LogP contribution in [0.1, 0.15) is 0 Å². The average molecular weight is 431 g/mol. The minimum atomic E-state index is -0.348. The van der Waals surface area contributed by atoms with Crippen LogP contribution in [0.3, 0.4) is 0 Å². The van der Waals surface area contributed by atoms with Gasteiger partial charge in [-0.05, 0) is 35.9 Å². The molecule has 0 radical (unpaired) electrons. The number of benzene rings is 2. The van der Waals surface area contributed by atoms with E-state index in [1.54, 1.807) is 62.9 Å². The number of anilines is 1. The number of fused-ring (bicyclic) bond motifs is 1. The van der Waals surface area contributed by atoms with Gasteiger partial charge in [-0.25, -0.2) is 14.4 Å². The lowest BCUT2D eigenvalue weighted by atomic mass is 10.0. The molecule has 2 heterocycles. The quantitative estimate of drug-likeness (QED) is 0.497. The van der Waals surface area contributed by atoms with E-state index < -0.39 is 0 Å². The molecule has 0 aliphatic rings. The summed E-state index contributed by atoms with van der Waals surface area (Å²) < 4.78 is 20.1. The molecule has 1 amide bonds. The van der Waals surface area contributed by atoms with E-state index >= 15 is 0 Å². The summed E-state index contributed by atoms with van der Waals surface area (Å²) in [5.41, 5.74) is 2.31. The second-order valence-corrected chi connectivity index (χ2v) is 7.33. The first-order valence-corrected chi connectivity index (χ1v) is 9.97. The SMILES string of the molecule is COc1cc(-c2ccccc2F)cc2c(NCC(=O)N(C)C)nc(-c3cccnc3)nc12. The smallest absolute Gasteiger partial charge is 0.241 e. The number of methoxy groups -OCH3 is 1. The Morgan fingerprint density at radius 3 is 2.59 bits per heavy atom. The van der Waals surface area contributed by atoms with E-state index in [9.17, 15) is 9.18 Å². The first-order chi connectivity index (χ1) is 15.5. The van der Waals surface area contributed by atoms with Gasteiger partial charge in [-0.15, -0.1) is 0 Å². The number of nitrogens with zero attached hydrogens (tertiary/aromatic N) is 4. The number of halogens is 1. The fourth-order valence-electron chi connectivity index (χ4n) is 3.28. The number of nitrogens with one attached hydrogen (secondary N) is 1. The molecular formula is C24H22FN5O2. The molecular weight excluding hydrogens is 409 g/mol. The number of ether oxygens (including phenoxy) is 1. The van der Waals surface area contributed by atoms with Crippen molar-refractivity contribution in [3.05, 3.63) is 66.7 Å². The number of pyridine rings is 1. The molecule has 1 N–H and O–H groups in total. The predicted octanol–water partition coefficient (Wildman–Crippen LogP) is 4.01. The topological polar surface area (TPSA) is 80.2 Å². The van der Waals surface area contributed by atoms with Crippen LogP contribution in [0.2, 0.25) is 0 Å². The van der Waals surface area contributed by atoms with Crippen LogP contribution in [0, 0.1) is 5.82 Å². The number of likely N-dealkylation sites (N-methyl/N-ethyl adjacent to an activating group) is 1. The minimum Gasteiger partial charge on any atom is -0.494 e. The van der Waals surface area contributed by atoms with E-state index in [2.05, 4.69) is 15.3 Å². The van der Waals surface area contributed by atoms with Crippen LogP contribution in [-0.2, 0) is 4.79 Å². The normalized spacial score (nSPS) is 10.8. The van der Waals surface area contributed by atoms with Crippen LogP contribution < -0.4 is 10.1 Å². The molecule has 162 valence electrons. The van der Waals surface area contributed by atoms with Crippen molar-refractivity contribution in [2.24, 2.45) is 0 Å². The molecule has 0 aliphatic heterocycles. The van der Waals surface area contributed by atoms with E-state index in [1.165, 1.54) is 18.1 Å². The molecule has 0 atom stereocenters. The molecule has 0 saturated heterocycles. The molecule has 7 nitrogen and oxygen atoms in total. The zero-order valence-electron chi connectivity index (χ0n) is 18.0. The molecule has 0 fully saturated rings. The summed E-state index contributed by atoms with van der Waals surface area (Å²) in [5.74, 6) is 0.883. The lowest BCUT2D eigenvalue weighted by Crippen LogP contribution is -2.29. The van der Waals surface area contributed by atoms with Gasteiger partial charge in [0.2, 0.25) is 5.91 Å². The highest BCUT2D eigenvalue weighted by Gasteiger charge is 2.17. The van der Waals surface area contributed by atoms with Gasteiger partial charge in [-0.2, -0.15) is 0 Å². The van der Waals surface area contributed by atoms with Crippen LogP contribution in [0.5, 0.6) is 5.75 Å². The van der Waals surface area contributed by atoms with Crippen LogP contribution >= 0.6 is 0 Å². The summed E-state index contributed by atoms with van der Waals surface area (Å²) in [4.78, 5) is 27.2. The number of hydrogen-bond acceptors (Lipinski definition) is 6. The highest BCUT2D eigenvalue weighted by Crippen LogP contribution is 2.36. The zero-order valence-corrected chi connectivity index (χ0v) is 18.0. The van der Waals surface area contributed by atoms with E-state index in [-0.39, 0.29) is 18.3 Å². The molecule has 4 aromatic rings. The maximum atomic E-state index is 14.5. The number of carbonyl (C=O) groups is 1. The molecule has 2 aromatic heterocycles. The van der Waals surface area contributed by atoms with E-state index in [4.69, 9.17) is 9.72 Å². The Morgan fingerprint density at radius 1 is 1.09 bits per heavy atom. The summed E-state index contributed by atoms with van der Waals surface area (Å²) in [6, 6.07) is 13.7. The number of hydrogen-bond donors (Lipinski definition) is 1. The molecule has 8 heteroatoms. The minimum absolute atomic E-state index is 0.0395. The number of amides is 1. The lowest BCUT2D eigenvalue weighted by molar-refractivity contribution is -0.126. The highest BCUT2D eigenvalue weighted by molar-refractivity contribution is 5.98. The van der Waals surface area contributed by atoms with Gasteiger partial charge in [0.05, 0.1) is 13.7 Å². The second kappa shape index (κ2) is 8.97. The number of carbonyl (C=O) groups excluding carboxylic acids is 1. The van der Waals surface area contributed by atoms with Crippen LogP contribution in [0.4, 0.5) is 10.2 Å². The van der Waals surface area contributed by atoms with Gasteiger partial charge in [0.15, 0.2) is 5.82 Å². The van der Waals surface area contributed by atoms with Gasteiger partial charge < -0.3 is 15.0 Å². The summed E-state index contributed by atoms with van der Waals surface area (Å²) in [5, 5.41) is 3.72. The van der Waals surface area contributed by atoms with Gasteiger partial charge in [-0.1, -0.05) is 18.2 Å². The highest BCUT2D eigenvalue weighted by atomic mass is 19.1. The zero-order chi connectivity index (χ0) is 22.7. The molecule has 0 aliphatic carbocycles. The Kier molecular flexibility index (Phi) is 5.93. The van der Waals surface area contributed by atoms with E-state index in [1.807, 2.05) is 6.07 Å². The summed E-state index contributed by atoms with van der Waals surface area (Å²) in [7, 11) is 4.90. The standard InChI is InChI=1S/C24H22FN5O2/c1-30(2)21(31)14-27-24-18-11-16(17-8-4-5-9-19(17)25)12-20(32-3)22(18)28-23(29-24)15-7-6-10-26-13-15/h4-13H,14H2,1-3H3,(H,27,28,29). The van der Waals surface area contributed by atoms with E-state index in [0.717, 1.165) is 5.56 Å². The van der Waals surface area contributed by atoms with Gasteiger partial charge >= 0.3 is 0 Å². The maximum Gasteiger partial charge on any atom is 0.241 e. The Labute approximate surface area is 184 Å². The van der Waals surface area contributed by atoms with Crippen molar-refractivity contribution in [2.75, 3.05) is 33.1 Å². The third kappa shape index (κ3) is 4.20. The predicted molar refractivity (Wildman–Crippen MR) is 122 cm³/mol. The molecule has 32 heavy (non-hydrogen) atoms. The largest absolute Gasteiger partial charge is 0.494 e. The average Bonchev–Trinajstić information content (AvgIpc) is 2.82. The van der Waals surface area contributed by atoms with Crippen molar-refractivity contribution in [3.63, 3.8) is 0 Å². The van der Waals surface area contributed by atoms with Crippen molar-refractivity contribution >= 4 is 22.6 Å². The molecule has 0 bridgehead atoms. The molecule has 0 unspecified atom stereocenters. The lowest BCUT2D eigenvalue weighted by Gasteiger charge is -2.16. The van der Waals surface area contributed by atoms with Gasteiger partial charge in [0.25, 0.3) is 0 Å². The first kappa shape index (κ1) is 21.2. The van der Waals surface area contributed by atoms with Crippen molar-refractivity contribution in [2.45, 2.75) is 0 Å². The third-order valence-corrected chi connectivity index (χ3v) is 5.00. The monoisotopic (exact) mass is 431 g/mol. The summed E-state index contributed by atoms with van der Waals surface area (Å²) in [6.45, 7) is 0.0395. The van der Waals surface area contributed by atoms with Gasteiger partial charge in [-0.3, -0.25) is 9.78 Å².